The van der Waals surface area contributed by atoms with E-state index in [1.807, 2.05) is 49.4 Å². The first-order chi connectivity index (χ1) is 8.18. The predicted octanol–water partition coefficient (Wildman–Crippen LogP) is 4.01. The van der Waals surface area contributed by atoms with Gasteiger partial charge in [0.15, 0.2) is 0 Å². The van der Waals surface area contributed by atoms with E-state index in [4.69, 9.17) is 0 Å². The molecule has 0 saturated carbocycles. The zero-order chi connectivity index (χ0) is 12.3. The zero-order valence-corrected chi connectivity index (χ0v) is 11.0. The number of rotatable bonds is 2. The Morgan fingerprint density at radius 3 is 2.41 bits per heavy atom. The molecule has 0 aliphatic rings. The number of hydrogen-bond donors (Lipinski definition) is 1. The minimum atomic E-state index is -0.105. The summed E-state index contributed by atoms with van der Waals surface area (Å²) in [6.07, 6.45) is 0. The Balaban J connectivity index is 2.24. The fraction of sp³-hybridized carbons (Fsp3) is 0.0714. The maximum absolute atomic E-state index is 12.0. The molecule has 17 heavy (non-hydrogen) atoms. The van der Waals surface area contributed by atoms with E-state index < -0.39 is 0 Å². The Kier molecular flexibility index (Phi) is 3.59. The molecular formula is C14H12BrNO. The van der Waals surface area contributed by atoms with Crippen LogP contribution in [-0.4, -0.2) is 5.91 Å². The largest absolute Gasteiger partial charge is 0.322 e. The molecule has 3 heteroatoms. The van der Waals surface area contributed by atoms with Crippen LogP contribution in [0.1, 0.15) is 15.9 Å². The Hall–Kier alpha value is -1.61. The second kappa shape index (κ2) is 5.15. The van der Waals surface area contributed by atoms with Gasteiger partial charge in [-0.2, -0.15) is 0 Å². The number of aryl methyl sites for hydroxylation is 1. The fourth-order valence-electron chi connectivity index (χ4n) is 1.55. The summed E-state index contributed by atoms with van der Waals surface area (Å²) in [6, 6.07) is 15.1. The van der Waals surface area contributed by atoms with Gasteiger partial charge in [-0.1, -0.05) is 30.3 Å². The first kappa shape index (κ1) is 11.9. The highest BCUT2D eigenvalue weighted by Gasteiger charge is 2.09. The molecule has 0 unspecified atom stereocenters. The Morgan fingerprint density at radius 1 is 1.06 bits per heavy atom. The first-order valence-corrected chi connectivity index (χ1v) is 6.09. The zero-order valence-electron chi connectivity index (χ0n) is 9.41. The number of carbonyl (C=O) groups is 1. The third-order valence-electron chi connectivity index (χ3n) is 2.51. The number of para-hydroxylation sites is 1. The molecule has 0 aliphatic carbocycles. The topological polar surface area (TPSA) is 29.1 Å². The van der Waals surface area contributed by atoms with Crippen molar-refractivity contribution in [3.05, 3.63) is 64.1 Å². The number of halogens is 1. The smallest absolute Gasteiger partial charge is 0.256 e. The van der Waals surface area contributed by atoms with Crippen LogP contribution < -0.4 is 5.32 Å². The quantitative estimate of drug-likeness (QED) is 0.889. The van der Waals surface area contributed by atoms with Crippen molar-refractivity contribution in [2.45, 2.75) is 6.92 Å². The molecule has 1 amide bonds. The maximum atomic E-state index is 12.0. The van der Waals surface area contributed by atoms with Crippen LogP contribution in [0.25, 0.3) is 0 Å². The summed E-state index contributed by atoms with van der Waals surface area (Å²) in [7, 11) is 0. The second-order valence-corrected chi connectivity index (χ2v) is 4.60. The minimum absolute atomic E-state index is 0.105. The normalized spacial score (nSPS) is 10.0. The third kappa shape index (κ3) is 2.74. The summed E-state index contributed by atoms with van der Waals surface area (Å²) >= 11 is 3.37. The molecule has 0 bridgehead atoms. The van der Waals surface area contributed by atoms with Crippen molar-refractivity contribution in [2.75, 3.05) is 5.32 Å². The summed E-state index contributed by atoms with van der Waals surface area (Å²) < 4.78 is 0.797. The lowest BCUT2D eigenvalue weighted by atomic mass is 10.1. The molecule has 86 valence electrons. The summed E-state index contributed by atoms with van der Waals surface area (Å²) in [6.45, 7) is 1.97. The van der Waals surface area contributed by atoms with Crippen LogP contribution in [-0.2, 0) is 0 Å². The number of benzene rings is 2. The van der Waals surface area contributed by atoms with Crippen molar-refractivity contribution >= 4 is 27.5 Å². The SMILES string of the molecule is Cc1ccccc1NC(=O)c1ccccc1Br. The van der Waals surface area contributed by atoms with Gasteiger partial charge in [-0.3, -0.25) is 4.79 Å². The summed E-state index contributed by atoms with van der Waals surface area (Å²) in [4.78, 5) is 12.0. The van der Waals surface area contributed by atoms with Gasteiger partial charge in [-0.25, -0.2) is 0 Å². The van der Waals surface area contributed by atoms with Crippen LogP contribution in [0, 0.1) is 6.92 Å². The van der Waals surface area contributed by atoms with Gasteiger partial charge < -0.3 is 5.32 Å². The van der Waals surface area contributed by atoms with E-state index >= 15 is 0 Å². The highest BCUT2D eigenvalue weighted by Crippen LogP contribution is 2.19. The van der Waals surface area contributed by atoms with Crippen LogP contribution in [0.15, 0.2) is 53.0 Å². The monoisotopic (exact) mass is 289 g/mol. The molecule has 0 fully saturated rings. The standard InChI is InChI=1S/C14H12BrNO/c1-10-6-2-5-9-13(10)16-14(17)11-7-3-4-8-12(11)15/h2-9H,1H3,(H,16,17). The molecule has 0 spiro atoms. The van der Waals surface area contributed by atoms with E-state index in [9.17, 15) is 4.79 Å². The number of hydrogen-bond acceptors (Lipinski definition) is 1. The molecule has 0 aliphatic heterocycles. The van der Waals surface area contributed by atoms with Gasteiger partial charge in [0.1, 0.15) is 0 Å². The van der Waals surface area contributed by atoms with Crippen molar-refractivity contribution in [3.63, 3.8) is 0 Å². The molecule has 2 rings (SSSR count). The minimum Gasteiger partial charge on any atom is -0.322 e. The Morgan fingerprint density at radius 2 is 1.71 bits per heavy atom. The average Bonchev–Trinajstić information content (AvgIpc) is 2.32. The van der Waals surface area contributed by atoms with Crippen LogP contribution in [0.3, 0.4) is 0 Å². The van der Waals surface area contributed by atoms with Crippen molar-refractivity contribution in [1.29, 1.82) is 0 Å². The molecule has 2 aromatic carbocycles. The van der Waals surface area contributed by atoms with Crippen LogP contribution in [0.2, 0.25) is 0 Å². The maximum Gasteiger partial charge on any atom is 0.256 e. The van der Waals surface area contributed by atoms with E-state index in [1.54, 1.807) is 6.07 Å². The molecule has 2 nitrogen and oxygen atoms in total. The van der Waals surface area contributed by atoms with E-state index in [1.165, 1.54) is 0 Å². The molecule has 0 saturated heterocycles. The summed E-state index contributed by atoms with van der Waals surface area (Å²) in [5, 5.41) is 2.90. The van der Waals surface area contributed by atoms with Crippen molar-refractivity contribution in [1.82, 2.24) is 0 Å². The van der Waals surface area contributed by atoms with Gasteiger partial charge in [-0.05, 0) is 46.6 Å². The molecule has 0 atom stereocenters. The number of amides is 1. The van der Waals surface area contributed by atoms with Crippen molar-refractivity contribution in [2.24, 2.45) is 0 Å². The first-order valence-electron chi connectivity index (χ1n) is 5.30. The molecule has 2 aromatic rings. The number of carbonyl (C=O) groups excluding carboxylic acids is 1. The molecule has 0 radical (unpaired) electrons. The second-order valence-electron chi connectivity index (χ2n) is 3.75. The van der Waals surface area contributed by atoms with E-state index in [2.05, 4.69) is 21.2 Å². The molecule has 0 heterocycles. The lowest BCUT2D eigenvalue weighted by Gasteiger charge is -2.08. The highest BCUT2D eigenvalue weighted by atomic mass is 79.9. The van der Waals surface area contributed by atoms with Gasteiger partial charge in [0.25, 0.3) is 5.91 Å². The van der Waals surface area contributed by atoms with Gasteiger partial charge in [0.05, 0.1) is 5.56 Å². The van der Waals surface area contributed by atoms with Crippen molar-refractivity contribution in [3.8, 4) is 0 Å². The number of anilines is 1. The van der Waals surface area contributed by atoms with E-state index in [0.29, 0.717) is 5.56 Å². The van der Waals surface area contributed by atoms with Crippen LogP contribution >= 0.6 is 15.9 Å². The third-order valence-corrected chi connectivity index (χ3v) is 3.20. The van der Waals surface area contributed by atoms with Crippen LogP contribution in [0.5, 0.6) is 0 Å². The lowest BCUT2D eigenvalue weighted by molar-refractivity contribution is 0.102. The molecule has 0 aromatic heterocycles. The van der Waals surface area contributed by atoms with Crippen molar-refractivity contribution < 1.29 is 4.79 Å². The predicted molar refractivity (Wildman–Crippen MR) is 73.3 cm³/mol. The molecule has 1 N–H and O–H groups in total. The van der Waals surface area contributed by atoms with Gasteiger partial charge in [0.2, 0.25) is 0 Å². The Bertz CT molecular complexity index is 551. The van der Waals surface area contributed by atoms with E-state index in [0.717, 1.165) is 15.7 Å². The summed E-state index contributed by atoms with van der Waals surface area (Å²) in [5.41, 5.74) is 2.52. The van der Waals surface area contributed by atoms with Crippen LogP contribution in [0.4, 0.5) is 5.69 Å². The highest BCUT2D eigenvalue weighted by molar-refractivity contribution is 9.10. The van der Waals surface area contributed by atoms with Gasteiger partial charge in [0, 0.05) is 10.2 Å². The van der Waals surface area contributed by atoms with E-state index in [-0.39, 0.29) is 5.91 Å². The van der Waals surface area contributed by atoms with Gasteiger partial charge >= 0.3 is 0 Å². The average molecular weight is 290 g/mol. The number of nitrogens with one attached hydrogen (secondary N) is 1. The lowest BCUT2D eigenvalue weighted by Crippen LogP contribution is -2.13. The molecular weight excluding hydrogens is 278 g/mol. The van der Waals surface area contributed by atoms with Gasteiger partial charge in [-0.15, -0.1) is 0 Å². The Labute approximate surface area is 109 Å². The summed E-state index contributed by atoms with van der Waals surface area (Å²) in [5.74, 6) is -0.105. The fourth-order valence-corrected chi connectivity index (χ4v) is 2.01.